The average molecular weight is 269 g/mol. The summed E-state index contributed by atoms with van der Waals surface area (Å²) in [5.41, 5.74) is 1.36. The van der Waals surface area contributed by atoms with E-state index in [2.05, 4.69) is 42.6 Å². The lowest BCUT2D eigenvalue weighted by Gasteiger charge is -2.32. The van der Waals surface area contributed by atoms with Crippen LogP contribution in [0, 0.1) is 5.92 Å². The molecule has 1 N–H and O–H groups in total. The summed E-state index contributed by atoms with van der Waals surface area (Å²) >= 11 is 0. The van der Waals surface area contributed by atoms with Crippen LogP contribution in [-0.4, -0.2) is 13.2 Å². The Kier molecular flexibility index (Phi) is 3.93. The summed E-state index contributed by atoms with van der Waals surface area (Å²) in [6, 6.07) is 13.5. The van der Waals surface area contributed by atoms with Crippen LogP contribution in [0.25, 0.3) is 10.8 Å². The lowest BCUT2D eigenvalue weighted by Crippen LogP contribution is -2.36. The van der Waals surface area contributed by atoms with E-state index in [1.165, 1.54) is 35.6 Å². The van der Waals surface area contributed by atoms with Crippen LogP contribution in [0.5, 0.6) is 5.75 Å². The summed E-state index contributed by atoms with van der Waals surface area (Å²) in [6.45, 7) is 3.27. The van der Waals surface area contributed by atoms with Crippen molar-refractivity contribution in [1.29, 1.82) is 0 Å². The number of methoxy groups -OCH3 is 1. The second kappa shape index (κ2) is 5.84. The van der Waals surface area contributed by atoms with Crippen molar-refractivity contribution >= 4 is 10.8 Å². The molecule has 1 unspecified atom stereocenters. The molecule has 0 amide bonds. The minimum atomic E-state index is 0.635. The number of rotatable bonds is 5. The monoisotopic (exact) mass is 269 g/mol. The lowest BCUT2D eigenvalue weighted by atomic mass is 9.80. The molecule has 106 valence electrons. The van der Waals surface area contributed by atoms with E-state index < -0.39 is 0 Å². The van der Waals surface area contributed by atoms with Crippen LogP contribution >= 0.6 is 0 Å². The van der Waals surface area contributed by atoms with Gasteiger partial charge in [0.15, 0.2) is 0 Å². The minimum absolute atomic E-state index is 0.635. The molecule has 0 bridgehead atoms. The Bertz CT molecular complexity index is 589. The van der Waals surface area contributed by atoms with E-state index in [-0.39, 0.29) is 0 Å². The first-order valence-electron chi connectivity index (χ1n) is 7.56. The molecule has 1 atom stereocenters. The van der Waals surface area contributed by atoms with Gasteiger partial charge in [-0.25, -0.2) is 0 Å². The maximum absolute atomic E-state index is 5.26. The molecule has 1 saturated carbocycles. The molecule has 20 heavy (non-hydrogen) atoms. The highest BCUT2D eigenvalue weighted by Gasteiger charge is 2.23. The summed E-state index contributed by atoms with van der Waals surface area (Å²) in [4.78, 5) is 0. The topological polar surface area (TPSA) is 21.3 Å². The highest BCUT2D eigenvalue weighted by atomic mass is 16.5. The van der Waals surface area contributed by atoms with Crippen LogP contribution in [0.4, 0.5) is 0 Å². The van der Waals surface area contributed by atoms with Crippen molar-refractivity contribution in [2.45, 2.75) is 38.8 Å². The highest BCUT2D eigenvalue weighted by molar-refractivity contribution is 5.84. The zero-order valence-electron chi connectivity index (χ0n) is 12.4. The summed E-state index contributed by atoms with van der Waals surface area (Å²) in [5, 5.41) is 6.18. The van der Waals surface area contributed by atoms with Gasteiger partial charge in [0.1, 0.15) is 5.75 Å². The van der Waals surface area contributed by atoms with Gasteiger partial charge in [-0.15, -0.1) is 0 Å². The number of benzene rings is 2. The first kappa shape index (κ1) is 13.4. The molecule has 0 aromatic heterocycles. The van der Waals surface area contributed by atoms with Gasteiger partial charge < -0.3 is 10.1 Å². The zero-order chi connectivity index (χ0) is 13.9. The number of fused-ring (bicyclic) bond motifs is 1. The molecule has 0 spiro atoms. The second-order valence-corrected chi connectivity index (χ2v) is 5.91. The van der Waals surface area contributed by atoms with E-state index in [9.17, 15) is 0 Å². The maximum Gasteiger partial charge on any atom is 0.119 e. The van der Waals surface area contributed by atoms with E-state index in [1.54, 1.807) is 7.11 Å². The van der Waals surface area contributed by atoms with Gasteiger partial charge in [-0.2, -0.15) is 0 Å². The highest BCUT2D eigenvalue weighted by Crippen LogP contribution is 2.29. The third kappa shape index (κ3) is 2.80. The fourth-order valence-corrected chi connectivity index (χ4v) is 2.90. The molecule has 0 aliphatic heterocycles. The average Bonchev–Trinajstić information content (AvgIpc) is 2.42. The van der Waals surface area contributed by atoms with Gasteiger partial charge in [-0.3, -0.25) is 0 Å². The molecule has 0 saturated heterocycles. The van der Waals surface area contributed by atoms with Crippen molar-refractivity contribution in [2.24, 2.45) is 5.92 Å². The summed E-state index contributed by atoms with van der Waals surface area (Å²) < 4.78 is 5.26. The predicted molar refractivity (Wildman–Crippen MR) is 84.1 cm³/mol. The summed E-state index contributed by atoms with van der Waals surface area (Å²) in [6.07, 6.45) is 4.20. The van der Waals surface area contributed by atoms with Crippen molar-refractivity contribution in [3.8, 4) is 5.75 Å². The molecule has 1 fully saturated rings. The van der Waals surface area contributed by atoms with E-state index >= 15 is 0 Å². The first-order chi connectivity index (χ1) is 9.76. The van der Waals surface area contributed by atoms with Gasteiger partial charge in [0.05, 0.1) is 7.11 Å². The molecule has 2 aromatic carbocycles. The molecule has 1 aliphatic rings. The molecule has 0 radical (unpaired) electrons. The third-order valence-electron chi connectivity index (χ3n) is 4.60. The Hall–Kier alpha value is -1.54. The van der Waals surface area contributed by atoms with Crippen LogP contribution in [0.15, 0.2) is 36.4 Å². The quantitative estimate of drug-likeness (QED) is 0.881. The number of ether oxygens (including phenoxy) is 1. The van der Waals surface area contributed by atoms with Crippen LogP contribution in [0.2, 0.25) is 0 Å². The van der Waals surface area contributed by atoms with Crippen molar-refractivity contribution in [3.63, 3.8) is 0 Å². The normalized spacial score (nSPS) is 16.9. The van der Waals surface area contributed by atoms with Crippen molar-refractivity contribution < 1.29 is 4.74 Å². The number of hydrogen-bond donors (Lipinski definition) is 1. The zero-order valence-corrected chi connectivity index (χ0v) is 12.4. The SMILES string of the molecule is COc1ccc2cc(CNC(C)C3CCC3)ccc2c1. The lowest BCUT2D eigenvalue weighted by molar-refractivity contribution is 0.240. The van der Waals surface area contributed by atoms with Gasteiger partial charge in [0.2, 0.25) is 0 Å². The fourth-order valence-electron chi connectivity index (χ4n) is 2.90. The standard InChI is InChI=1S/C18H23NO/c1-13(15-4-3-5-15)19-12-14-6-7-17-11-18(20-2)9-8-16(17)10-14/h6-11,13,15,19H,3-5,12H2,1-2H3. The molecular weight excluding hydrogens is 246 g/mol. The van der Waals surface area contributed by atoms with Gasteiger partial charge in [-0.05, 0) is 60.2 Å². The first-order valence-corrected chi connectivity index (χ1v) is 7.56. The van der Waals surface area contributed by atoms with Crippen LogP contribution in [-0.2, 0) is 6.54 Å². The van der Waals surface area contributed by atoms with Crippen molar-refractivity contribution in [1.82, 2.24) is 5.32 Å². The van der Waals surface area contributed by atoms with Gasteiger partial charge in [0, 0.05) is 12.6 Å². The Balaban J connectivity index is 1.69. The molecule has 2 heteroatoms. The van der Waals surface area contributed by atoms with E-state index in [0.29, 0.717) is 6.04 Å². The third-order valence-corrected chi connectivity index (χ3v) is 4.60. The predicted octanol–water partition coefficient (Wildman–Crippen LogP) is 4.13. The number of hydrogen-bond acceptors (Lipinski definition) is 2. The molecule has 1 aliphatic carbocycles. The van der Waals surface area contributed by atoms with Crippen molar-refractivity contribution in [3.05, 3.63) is 42.0 Å². The van der Waals surface area contributed by atoms with E-state index in [0.717, 1.165) is 18.2 Å². The van der Waals surface area contributed by atoms with Crippen molar-refractivity contribution in [2.75, 3.05) is 7.11 Å². The van der Waals surface area contributed by atoms with Crippen LogP contribution in [0.1, 0.15) is 31.7 Å². The van der Waals surface area contributed by atoms with Gasteiger partial charge >= 0.3 is 0 Å². The Morgan fingerprint density at radius 3 is 2.60 bits per heavy atom. The number of nitrogens with one attached hydrogen (secondary N) is 1. The van der Waals surface area contributed by atoms with Crippen LogP contribution in [0.3, 0.4) is 0 Å². The van der Waals surface area contributed by atoms with Gasteiger partial charge in [0.25, 0.3) is 0 Å². The molecule has 2 aromatic rings. The Morgan fingerprint density at radius 2 is 1.90 bits per heavy atom. The summed E-state index contributed by atoms with van der Waals surface area (Å²) in [7, 11) is 1.71. The van der Waals surface area contributed by atoms with E-state index in [4.69, 9.17) is 4.74 Å². The second-order valence-electron chi connectivity index (χ2n) is 5.91. The Morgan fingerprint density at radius 1 is 1.15 bits per heavy atom. The van der Waals surface area contributed by atoms with E-state index in [1.807, 2.05) is 6.07 Å². The maximum atomic E-state index is 5.26. The van der Waals surface area contributed by atoms with Crippen LogP contribution < -0.4 is 10.1 Å². The van der Waals surface area contributed by atoms with Gasteiger partial charge in [-0.1, -0.05) is 24.6 Å². The molecule has 2 nitrogen and oxygen atoms in total. The fraction of sp³-hybridized carbons (Fsp3) is 0.444. The molecule has 3 rings (SSSR count). The molecular formula is C18H23NO. The molecule has 0 heterocycles. The Labute approximate surface area is 121 Å². The minimum Gasteiger partial charge on any atom is -0.497 e. The summed E-state index contributed by atoms with van der Waals surface area (Å²) in [5.74, 6) is 1.81. The smallest absolute Gasteiger partial charge is 0.119 e. The largest absolute Gasteiger partial charge is 0.497 e.